The van der Waals surface area contributed by atoms with Crippen molar-refractivity contribution in [2.45, 2.75) is 49.5 Å². The Morgan fingerprint density at radius 2 is 2.04 bits per heavy atom. The molecule has 7 nitrogen and oxygen atoms in total. The molecule has 1 aliphatic carbocycles. The van der Waals surface area contributed by atoms with Crippen LogP contribution in [0.1, 0.15) is 49.4 Å². The van der Waals surface area contributed by atoms with E-state index >= 15 is 0 Å². The van der Waals surface area contributed by atoms with Crippen LogP contribution in [0.5, 0.6) is 0 Å². The van der Waals surface area contributed by atoms with Crippen LogP contribution in [0.25, 0.3) is 0 Å². The van der Waals surface area contributed by atoms with Crippen molar-refractivity contribution in [3.05, 3.63) is 41.5 Å². The maximum atomic E-state index is 12.8. The Bertz CT molecular complexity index is 877. The molecule has 0 bridgehead atoms. The molecule has 0 atom stereocenters. The van der Waals surface area contributed by atoms with Gasteiger partial charge in [0.15, 0.2) is 5.82 Å². The fourth-order valence-electron chi connectivity index (χ4n) is 3.07. The predicted octanol–water partition coefficient (Wildman–Crippen LogP) is 2.39. The van der Waals surface area contributed by atoms with Crippen molar-refractivity contribution >= 4 is 10.0 Å². The van der Waals surface area contributed by atoms with E-state index in [-0.39, 0.29) is 4.90 Å². The summed E-state index contributed by atoms with van der Waals surface area (Å²) in [5.74, 6) is 0.778. The minimum absolute atomic E-state index is 0.0618. The van der Waals surface area contributed by atoms with Crippen molar-refractivity contribution in [2.24, 2.45) is 0 Å². The van der Waals surface area contributed by atoms with E-state index in [1.165, 1.54) is 12.1 Å². The van der Waals surface area contributed by atoms with Crippen LogP contribution in [0, 0.1) is 18.3 Å². The van der Waals surface area contributed by atoms with Crippen LogP contribution in [0.2, 0.25) is 0 Å². The van der Waals surface area contributed by atoms with Crippen LogP contribution < -0.4 is 4.72 Å². The fourth-order valence-corrected chi connectivity index (χ4v) is 4.54. The standard InChI is InChI=1S/C16H18N4O3S/c1-12-18-15(19-23-12)16(8-3-2-4-9-16)20-24(21,22)14-7-5-6-13(10-14)11-17/h5-7,10,20H,2-4,8-9H2,1H3. The van der Waals surface area contributed by atoms with Crippen LogP contribution in [-0.4, -0.2) is 18.6 Å². The minimum atomic E-state index is -3.81. The van der Waals surface area contributed by atoms with Crippen molar-refractivity contribution in [3.8, 4) is 6.07 Å². The summed E-state index contributed by atoms with van der Waals surface area (Å²) in [5, 5.41) is 12.9. The molecule has 0 radical (unpaired) electrons. The average Bonchev–Trinajstić information content (AvgIpc) is 3.02. The third-order valence-corrected chi connectivity index (χ3v) is 5.80. The number of nitriles is 1. The largest absolute Gasteiger partial charge is 0.340 e. The van der Waals surface area contributed by atoms with Gasteiger partial charge in [-0.2, -0.15) is 15.0 Å². The molecule has 0 saturated heterocycles. The van der Waals surface area contributed by atoms with E-state index in [0.29, 0.717) is 30.1 Å². The summed E-state index contributed by atoms with van der Waals surface area (Å²) >= 11 is 0. The normalized spacial score (nSPS) is 17.3. The SMILES string of the molecule is Cc1nc(C2(NS(=O)(=O)c3cccc(C#N)c3)CCCCC2)no1. The summed E-state index contributed by atoms with van der Waals surface area (Å²) in [6.07, 6.45) is 4.04. The number of benzene rings is 1. The Balaban J connectivity index is 1.99. The summed E-state index contributed by atoms with van der Waals surface area (Å²) in [6, 6.07) is 7.91. The molecule has 1 aromatic heterocycles. The molecule has 1 heterocycles. The number of hydrogen-bond acceptors (Lipinski definition) is 6. The van der Waals surface area contributed by atoms with Gasteiger partial charge in [0, 0.05) is 6.92 Å². The Labute approximate surface area is 140 Å². The van der Waals surface area contributed by atoms with E-state index in [1.807, 2.05) is 6.07 Å². The number of aromatic nitrogens is 2. The smallest absolute Gasteiger partial charge is 0.241 e. The summed E-state index contributed by atoms with van der Waals surface area (Å²) in [7, 11) is -3.81. The molecule has 0 spiro atoms. The van der Waals surface area contributed by atoms with Gasteiger partial charge in [-0.05, 0) is 31.0 Å². The quantitative estimate of drug-likeness (QED) is 0.910. The van der Waals surface area contributed by atoms with Crippen molar-refractivity contribution in [1.29, 1.82) is 5.26 Å². The van der Waals surface area contributed by atoms with E-state index < -0.39 is 15.6 Å². The van der Waals surface area contributed by atoms with Crippen LogP contribution in [-0.2, 0) is 15.6 Å². The first-order valence-corrected chi connectivity index (χ1v) is 9.28. The Morgan fingerprint density at radius 1 is 1.29 bits per heavy atom. The molecule has 0 aliphatic heterocycles. The predicted molar refractivity (Wildman–Crippen MR) is 85.3 cm³/mol. The number of hydrogen-bond donors (Lipinski definition) is 1. The topological polar surface area (TPSA) is 109 Å². The van der Waals surface area contributed by atoms with Gasteiger partial charge in [0.25, 0.3) is 0 Å². The van der Waals surface area contributed by atoms with E-state index in [0.717, 1.165) is 19.3 Å². The highest BCUT2D eigenvalue weighted by Crippen LogP contribution is 2.37. The fraction of sp³-hybridized carbons (Fsp3) is 0.438. The lowest BCUT2D eigenvalue weighted by Gasteiger charge is -2.34. The van der Waals surface area contributed by atoms with E-state index in [1.54, 1.807) is 19.1 Å². The lowest BCUT2D eigenvalue weighted by Crippen LogP contribution is -2.47. The molecular weight excluding hydrogens is 328 g/mol. The monoisotopic (exact) mass is 346 g/mol. The van der Waals surface area contributed by atoms with E-state index in [2.05, 4.69) is 14.9 Å². The highest BCUT2D eigenvalue weighted by atomic mass is 32.2. The van der Waals surface area contributed by atoms with Gasteiger partial charge in [0.05, 0.1) is 22.1 Å². The Hall–Kier alpha value is -2.24. The Morgan fingerprint density at radius 3 is 2.67 bits per heavy atom. The molecule has 0 unspecified atom stereocenters. The van der Waals surface area contributed by atoms with Gasteiger partial charge in [-0.25, -0.2) is 8.42 Å². The second kappa shape index (κ2) is 6.34. The average molecular weight is 346 g/mol. The second-order valence-electron chi connectivity index (χ2n) is 6.02. The summed E-state index contributed by atoms with van der Waals surface area (Å²) < 4.78 is 33.5. The zero-order chi connectivity index (χ0) is 17.2. The van der Waals surface area contributed by atoms with Gasteiger partial charge >= 0.3 is 0 Å². The highest BCUT2D eigenvalue weighted by molar-refractivity contribution is 7.89. The van der Waals surface area contributed by atoms with Crippen molar-refractivity contribution < 1.29 is 12.9 Å². The number of nitrogens with one attached hydrogen (secondary N) is 1. The number of nitrogens with zero attached hydrogens (tertiary/aromatic N) is 3. The van der Waals surface area contributed by atoms with Gasteiger partial charge in [-0.1, -0.05) is 30.5 Å². The molecule has 126 valence electrons. The van der Waals surface area contributed by atoms with Gasteiger partial charge < -0.3 is 4.52 Å². The summed E-state index contributed by atoms with van der Waals surface area (Å²) in [4.78, 5) is 4.32. The molecule has 0 amide bonds. The van der Waals surface area contributed by atoms with E-state index in [9.17, 15) is 8.42 Å². The lowest BCUT2D eigenvalue weighted by molar-refractivity contribution is 0.248. The summed E-state index contributed by atoms with van der Waals surface area (Å²) in [5.41, 5.74) is -0.566. The van der Waals surface area contributed by atoms with Crippen LogP contribution in [0.3, 0.4) is 0 Å². The Kier molecular flexibility index (Phi) is 4.39. The first-order valence-electron chi connectivity index (χ1n) is 7.80. The molecular formula is C16H18N4O3S. The van der Waals surface area contributed by atoms with Gasteiger partial charge in [0.2, 0.25) is 15.9 Å². The maximum absolute atomic E-state index is 12.8. The number of aryl methyl sites for hydroxylation is 1. The zero-order valence-corrected chi connectivity index (χ0v) is 14.1. The van der Waals surface area contributed by atoms with Crippen LogP contribution >= 0.6 is 0 Å². The van der Waals surface area contributed by atoms with Gasteiger partial charge in [0.1, 0.15) is 0 Å². The third-order valence-electron chi connectivity index (χ3n) is 4.27. The molecule has 1 fully saturated rings. The van der Waals surface area contributed by atoms with Crippen molar-refractivity contribution in [1.82, 2.24) is 14.9 Å². The summed E-state index contributed by atoms with van der Waals surface area (Å²) in [6.45, 7) is 1.68. The molecule has 1 aromatic carbocycles. The van der Waals surface area contributed by atoms with Gasteiger partial charge in [-0.15, -0.1) is 0 Å². The maximum Gasteiger partial charge on any atom is 0.241 e. The first kappa shape index (κ1) is 16.6. The van der Waals surface area contributed by atoms with Crippen molar-refractivity contribution in [3.63, 3.8) is 0 Å². The molecule has 1 N–H and O–H groups in total. The minimum Gasteiger partial charge on any atom is -0.340 e. The van der Waals surface area contributed by atoms with Gasteiger partial charge in [-0.3, -0.25) is 0 Å². The molecule has 8 heteroatoms. The third kappa shape index (κ3) is 3.18. The van der Waals surface area contributed by atoms with Crippen molar-refractivity contribution in [2.75, 3.05) is 0 Å². The molecule has 1 saturated carbocycles. The molecule has 3 rings (SSSR count). The van der Waals surface area contributed by atoms with Crippen LogP contribution in [0.4, 0.5) is 0 Å². The highest BCUT2D eigenvalue weighted by Gasteiger charge is 2.42. The molecule has 2 aromatic rings. The lowest BCUT2D eigenvalue weighted by atomic mass is 9.82. The molecule has 24 heavy (non-hydrogen) atoms. The number of rotatable bonds is 4. The molecule has 1 aliphatic rings. The van der Waals surface area contributed by atoms with E-state index in [4.69, 9.17) is 9.78 Å². The van der Waals surface area contributed by atoms with Crippen LogP contribution in [0.15, 0.2) is 33.7 Å². The zero-order valence-electron chi connectivity index (χ0n) is 13.3. The first-order chi connectivity index (χ1) is 11.5. The second-order valence-corrected chi connectivity index (χ2v) is 7.71. The number of sulfonamides is 1.